The lowest BCUT2D eigenvalue weighted by Gasteiger charge is -2.28. The Morgan fingerprint density at radius 3 is 2.65 bits per heavy atom. The van der Waals surface area contributed by atoms with Gasteiger partial charge in [0.2, 0.25) is 5.91 Å². The fourth-order valence-corrected chi connectivity index (χ4v) is 4.01. The number of rotatable bonds is 5. The first kappa shape index (κ1) is 16.2. The Bertz CT molecular complexity index is 622. The zero-order chi connectivity index (χ0) is 16.6. The molecule has 0 saturated heterocycles. The Hall–Kier alpha value is -1.62. The molecule has 23 heavy (non-hydrogen) atoms. The summed E-state index contributed by atoms with van der Waals surface area (Å²) in [4.78, 5) is 23.6. The molecule has 0 radical (unpaired) electrons. The summed E-state index contributed by atoms with van der Waals surface area (Å²) in [7, 11) is 0. The number of carboxylic acids is 1. The highest BCUT2D eigenvalue weighted by atomic mass is 35.5. The molecule has 3 rings (SSSR count). The Labute approximate surface area is 139 Å². The van der Waals surface area contributed by atoms with Gasteiger partial charge < -0.3 is 10.4 Å². The number of nitrogens with one attached hydrogen (secondary N) is 1. The van der Waals surface area contributed by atoms with E-state index in [1.165, 1.54) is 6.07 Å². The van der Waals surface area contributed by atoms with Crippen LogP contribution in [-0.2, 0) is 9.59 Å². The zero-order valence-electron chi connectivity index (χ0n) is 12.6. The Balaban J connectivity index is 1.69. The lowest BCUT2D eigenvalue weighted by Crippen LogP contribution is -2.48. The van der Waals surface area contributed by atoms with E-state index >= 15 is 0 Å². The van der Waals surface area contributed by atoms with Gasteiger partial charge >= 0.3 is 5.97 Å². The molecular formula is C17H19ClFNO3. The maximum Gasteiger partial charge on any atom is 0.305 e. The topological polar surface area (TPSA) is 66.4 Å². The van der Waals surface area contributed by atoms with Crippen LogP contribution in [0.3, 0.4) is 0 Å². The number of amides is 1. The maximum absolute atomic E-state index is 13.9. The van der Waals surface area contributed by atoms with Crippen molar-refractivity contribution in [2.24, 2.45) is 5.92 Å². The monoisotopic (exact) mass is 339 g/mol. The van der Waals surface area contributed by atoms with E-state index < -0.39 is 11.5 Å². The van der Waals surface area contributed by atoms with Crippen LogP contribution in [0.25, 0.3) is 0 Å². The number of benzene rings is 1. The molecule has 4 nitrogen and oxygen atoms in total. The van der Waals surface area contributed by atoms with Gasteiger partial charge in [0.1, 0.15) is 5.82 Å². The summed E-state index contributed by atoms with van der Waals surface area (Å²) in [5, 5.41) is 12.4. The van der Waals surface area contributed by atoms with Gasteiger partial charge in [0.05, 0.1) is 12.0 Å². The second kappa shape index (κ2) is 6.11. The van der Waals surface area contributed by atoms with Gasteiger partial charge in [0.25, 0.3) is 0 Å². The van der Waals surface area contributed by atoms with Crippen molar-refractivity contribution in [2.45, 2.75) is 50.0 Å². The van der Waals surface area contributed by atoms with Gasteiger partial charge in [-0.15, -0.1) is 0 Å². The quantitative estimate of drug-likeness (QED) is 0.863. The van der Waals surface area contributed by atoms with E-state index in [9.17, 15) is 14.0 Å². The third-order valence-electron chi connectivity index (χ3n) is 4.94. The number of carboxylic acid groups (broad SMARTS) is 1. The van der Waals surface area contributed by atoms with Crippen molar-refractivity contribution in [3.63, 3.8) is 0 Å². The number of hydrogen-bond acceptors (Lipinski definition) is 2. The molecule has 2 aliphatic rings. The predicted molar refractivity (Wildman–Crippen MR) is 83.9 cm³/mol. The molecule has 2 unspecified atom stereocenters. The van der Waals surface area contributed by atoms with Gasteiger partial charge in [0.15, 0.2) is 0 Å². The summed E-state index contributed by atoms with van der Waals surface area (Å²) in [5.41, 5.74) is -0.247. The van der Waals surface area contributed by atoms with E-state index in [2.05, 4.69) is 5.32 Å². The normalized spacial score (nSPS) is 25.1. The van der Waals surface area contributed by atoms with Crippen LogP contribution in [0.5, 0.6) is 0 Å². The van der Waals surface area contributed by atoms with Crippen LogP contribution in [0.1, 0.15) is 50.0 Å². The van der Waals surface area contributed by atoms with Crippen molar-refractivity contribution in [2.75, 3.05) is 0 Å². The first-order valence-electron chi connectivity index (χ1n) is 7.90. The van der Waals surface area contributed by atoms with Crippen molar-refractivity contribution < 1.29 is 19.1 Å². The van der Waals surface area contributed by atoms with Gasteiger partial charge in [0, 0.05) is 22.4 Å². The lowest BCUT2D eigenvalue weighted by molar-refractivity contribution is -0.139. The molecule has 0 aliphatic heterocycles. The number of halogens is 2. The third kappa shape index (κ3) is 3.34. The van der Waals surface area contributed by atoms with E-state index in [0.717, 1.165) is 12.8 Å². The van der Waals surface area contributed by atoms with Crippen LogP contribution in [0.4, 0.5) is 4.39 Å². The Morgan fingerprint density at radius 1 is 1.35 bits per heavy atom. The van der Waals surface area contributed by atoms with Gasteiger partial charge in [-0.3, -0.25) is 9.59 Å². The van der Waals surface area contributed by atoms with Crippen LogP contribution < -0.4 is 5.32 Å². The Kier molecular flexibility index (Phi) is 4.32. The zero-order valence-corrected chi connectivity index (χ0v) is 13.4. The summed E-state index contributed by atoms with van der Waals surface area (Å²) < 4.78 is 13.9. The third-order valence-corrected chi connectivity index (χ3v) is 5.27. The first-order chi connectivity index (χ1) is 10.9. The second-order valence-electron chi connectivity index (χ2n) is 6.63. The molecule has 2 fully saturated rings. The highest BCUT2D eigenvalue weighted by Gasteiger charge is 2.48. The van der Waals surface area contributed by atoms with E-state index in [1.54, 1.807) is 12.1 Å². The van der Waals surface area contributed by atoms with Crippen molar-refractivity contribution in [3.05, 3.63) is 34.6 Å². The Morgan fingerprint density at radius 2 is 2.04 bits per heavy atom. The summed E-state index contributed by atoms with van der Waals surface area (Å²) in [6, 6.07) is 4.51. The summed E-state index contributed by atoms with van der Waals surface area (Å²) in [5.74, 6) is -2.02. The maximum atomic E-state index is 13.9. The molecule has 2 atom stereocenters. The largest absolute Gasteiger partial charge is 0.481 e. The molecule has 2 N–H and O–H groups in total. The lowest BCUT2D eigenvalue weighted by atomic mass is 9.92. The molecule has 0 heterocycles. The van der Waals surface area contributed by atoms with Crippen LogP contribution >= 0.6 is 11.6 Å². The van der Waals surface area contributed by atoms with Gasteiger partial charge in [-0.05, 0) is 31.4 Å². The second-order valence-corrected chi connectivity index (χ2v) is 7.04. The minimum Gasteiger partial charge on any atom is -0.481 e. The summed E-state index contributed by atoms with van der Waals surface area (Å²) >= 11 is 6.05. The molecule has 124 valence electrons. The highest BCUT2D eigenvalue weighted by molar-refractivity contribution is 6.31. The molecule has 6 heteroatoms. The average Bonchev–Trinajstić information content (AvgIpc) is 3.12. The fourth-order valence-electron chi connectivity index (χ4n) is 3.71. The molecule has 1 amide bonds. The molecule has 2 saturated carbocycles. The van der Waals surface area contributed by atoms with Crippen LogP contribution in [0, 0.1) is 11.7 Å². The van der Waals surface area contributed by atoms with E-state index in [1.807, 2.05) is 0 Å². The fraction of sp³-hybridized carbons (Fsp3) is 0.529. The number of hydrogen-bond donors (Lipinski definition) is 2. The molecule has 0 aromatic heterocycles. The minimum atomic E-state index is -0.906. The highest BCUT2D eigenvalue weighted by Crippen LogP contribution is 2.51. The SMILES string of the molecule is O=C(O)CC1(NC(=O)C2CC2c2c(F)cccc2Cl)CCCC1. The molecule has 0 spiro atoms. The molecule has 1 aromatic rings. The van der Waals surface area contributed by atoms with Crippen molar-refractivity contribution in [3.8, 4) is 0 Å². The van der Waals surface area contributed by atoms with Crippen LogP contribution in [-0.4, -0.2) is 22.5 Å². The molecule has 0 bridgehead atoms. The molecule has 1 aromatic carbocycles. The van der Waals surface area contributed by atoms with E-state index in [-0.39, 0.29) is 30.0 Å². The average molecular weight is 340 g/mol. The molecule has 2 aliphatic carbocycles. The van der Waals surface area contributed by atoms with Gasteiger partial charge in [-0.1, -0.05) is 30.5 Å². The first-order valence-corrected chi connectivity index (χ1v) is 8.27. The van der Waals surface area contributed by atoms with Gasteiger partial charge in [-0.2, -0.15) is 0 Å². The minimum absolute atomic E-state index is 0.0589. The number of carbonyl (C=O) groups excluding carboxylic acids is 1. The van der Waals surface area contributed by atoms with E-state index in [0.29, 0.717) is 29.8 Å². The number of carbonyl (C=O) groups is 2. The van der Waals surface area contributed by atoms with Crippen molar-refractivity contribution in [1.29, 1.82) is 0 Å². The van der Waals surface area contributed by atoms with Crippen molar-refractivity contribution >= 4 is 23.5 Å². The molecular weight excluding hydrogens is 321 g/mol. The standard InChI is InChI=1S/C17H19ClFNO3/c18-12-4-3-5-13(19)15(12)10-8-11(10)16(23)20-17(9-14(21)22)6-1-2-7-17/h3-5,10-11H,1-2,6-9H2,(H,20,23)(H,21,22). The van der Waals surface area contributed by atoms with Gasteiger partial charge in [-0.25, -0.2) is 4.39 Å². The van der Waals surface area contributed by atoms with Crippen molar-refractivity contribution in [1.82, 2.24) is 5.32 Å². The smallest absolute Gasteiger partial charge is 0.305 e. The summed E-state index contributed by atoms with van der Waals surface area (Å²) in [6.45, 7) is 0. The summed E-state index contributed by atoms with van der Waals surface area (Å²) in [6.07, 6.45) is 3.69. The van der Waals surface area contributed by atoms with E-state index in [4.69, 9.17) is 16.7 Å². The van der Waals surface area contributed by atoms with Crippen LogP contribution in [0.15, 0.2) is 18.2 Å². The predicted octanol–water partition coefficient (Wildman–Crippen LogP) is 3.49. The number of aliphatic carboxylic acids is 1. The van der Waals surface area contributed by atoms with Crippen LogP contribution in [0.2, 0.25) is 5.02 Å².